The Bertz CT molecular complexity index is 297. The van der Waals surface area contributed by atoms with E-state index in [1.807, 2.05) is 0 Å². The molecule has 1 aliphatic heterocycles. The zero-order valence-corrected chi connectivity index (χ0v) is 13.3. The van der Waals surface area contributed by atoms with Crippen LogP contribution in [0.1, 0.15) is 65.2 Å². The Kier molecular flexibility index (Phi) is 6.34. The molecule has 1 saturated heterocycles. The number of piperidine rings is 1. The van der Waals surface area contributed by atoms with Crippen LogP contribution >= 0.6 is 0 Å². The summed E-state index contributed by atoms with van der Waals surface area (Å²) < 4.78 is 0. The van der Waals surface area contributed by atoms with Crippen LogP contribution < -0.4 is 10.6 Å². The molecule has 3 heteroatoms. The van der Waals surface area contributed by atoms with Crippen LogP contribution in [0.15, 0.2) is 0 Å². The molecule has 0 radical (unpaired) electrons. The van der Waals surface area contributed by atoms with Gasteiger partial charge >= 0.3 is 0 Å². The molecule has 1 aliphatic carbocycles. The lowest BCUT2D eigenvalue weighted by Crippen LogP contribution is -2.51. The van der Waals surface area contributed by atoms with E-state index < -0.39 is 0 Å². The Morgan fingerprint density at radius 2 is 1.95 bits per heavy atom. The molecule has 1 amide bonds. The molecule has 2 atom stereocenters. The Balaban J connectivity index is 1.71. The SMILES string of the molecule is CCCCC1CCC(C(=O)NC2CNCCC2C)CC1. The first kappa shape index (κ1) is 15.8. The normalized spacial score (nSPS) is 34.7. The second kappa shape index (κ2) is 8.02. The Morgan fingerprint density at radius 3 is 2.60 bits per heavy atom. The first-order valence-electron chi connectivity index (χ1n) is 8.71. The Labute approximate surface area is 124 Å². The molecule has 0 bridgehead atoms. The summed E-state index contributed by atoms with van der Waals surface area (Å²) in [4.78, 5) is 12.4. The van der Waals surface area contributed by atoms with Gasteiger partial charge in [-0.3, -0.25) is 4.79 Å². The fourth-order valence-corrected chi connectivity index (χ4v) is 3.69. The molecule has 2 unspecified atom stereocenters. The van der Waals surface area contributed by atoms with E-state index in [0.717, 1.165) is 31.8 Å². The van der Waals surface area contributed by atoms with Gasteiger partial charge in [0.2, 0.25) is 5.91 Å². The van der Waals surface area contributed by atoms with Crippen molar-refractivity contribution in [3.63, 3.8) is 0 Å². The second-order valence-electron chi connectivity index (χ2n) is 6.95. The van der Waals surface area contributed by atoms with E-state index in [0.29, 0.717) is 17.9 Å². The maximum absolute atomic E-state index is 12.4. The molecule has 0 aromatic carbocycles. The van der Waals surface area contributed by atoms with Crippen molar-refractivity contribution in [1.82, 2.24) is 10.6 Å². The highest BCUT2D eigenvalue weighted by Gasteiger charge is 2.29. The molecule has 2 rings (SSSR count). The van der Waals surface area contributed by atoms with Gasteiger partial charge in [-0.15, -0.1) is 0 Å². The van der Waals surface area contributed by atoms with Crippen molar-refractivity contribution in [3.05, 3.63) is 0 Å². The Morgan fingerprint density at radius 1 is 1.20 bits per heavy atom. The summed E-state index contributed by atoms with van der Waals surface area (Å²) in [6.07, 6.45) is 9.93. The van der Waals surface area contributed by atoms with E-state index in [9.17, 15) is 4.79 Å². The van der Waals surface area contributed by atoms with Crippen LogP contribution in [-0.2, 0) is 4.79 Å². The fourth-order valence-electron chi connectivity index (χ4n) is 3.69. The number of rotatable bonds is 5. The van der Waals surface area contributed by atoms with Crippen LogP contribution in [-0.4, -0.2) is 25.0 Å². The Hall–Kier alpha value is -0.570. The van der Waals surface area contributed by atoms with Gasteiger partial charge in [-0.2, -0.15) is 0 Å². The van der Waals surface area contributed by atoms with Gasteiger partial charge < -0.3 is 10.6 Å². The van der Waals surface area contributed by atoms with Crippen molar-refractivity contribution in [2.45, 2.75) is 71.3 Å². The molecular weight excluding hydrogens is 248 g/mol. The first-order valence-corrected chi connectivity index (χ1v) is 8.71. The quantitative estimate of drug-likeness (QED) is 0.812. The van der Waals surface area contributed by atoms with Crippen molar-refractivity contribution in [2.24, 2.45) is 17.8 Å². The molecular formula is C17H32N2O. The summed E-state index contributed by atoms with van der Waals surface area (Å²) in [5, 5.41) is 6.68. The number of hydrogen-bond acceptors (Lipinski definition) is 2. The third kappa shape index (κ3) is 4.47. The predicted octanol–water partition coefficient (Wildman–Crippen LogP) is 3.10. The summed E-state index contributed by atoms with van der Waals surface area (Å²) in [7, 11) is 0. The average molecular weight is 280 g/mol. The maximum atomic E-state index is 12.4. The van der Waals surface area contributed by atoms with Crippen molar-refractivity contribution < 1.29 is 4.79 Å². The van der Waals surface area contributed by atoms with Crippen LogP contribution in [0.2, 0.25) is 0 Å². The number of hydrogen-bond donors (Lipinski definition) is 2. The number of carbonyl (C=O) groups excluding carboxylic acids is 1. The number of carbonyl (C=O) groups is 1. The highest BCUT2D eigenvalue weighted by molar-refractivity contribution is 5.79. The van der Waals surface area contributed by atoms with Gasteiger partial charge in [-0.05, 0) is 50.5 Å². The van der Waals surface area contributed by atoms with E-state index in [4.69, 9.17) is 0 Å². The highest BCUT2D eigenvalue weighted by Crippen LogP contribution is 2.32. The molecule has 0 aromatic rings. The summed E-state index contributed by atoms with van der Waals surface area (Å²) >= 11 is 0. The second-order valence-corrected chi connectivity index (χ2v) is 6.95. The minimum absolute atomic E-state index is 0.280. The van der Waals surface area contributed by atoms with Gasteiger partial charge in [-0.25, -0.2) is 0 Å². The van der Waals surface area contributed by atoms with Crippen molar-refractivity contribution in [2.75, 3.05) is 13.1 Å². The van der Waals surface area contributed by atoms with Crippen molar-refractivity contribution in [1.29, 1.82) is 0 Å². The highest BCUT2D eigenvalue weighted by atomic mass is 16.1. The topological polar surface area (TPSA) is 41.1 Å². The van der Waals surface area contributed by atoms with Crippen molar-refractivity contribution >= 4 is 5.91 Å². The lowest BCUT2D eigenvalue weighted by atomic mass is 9.79. The smallest absolute Gasteiger partial charge is 0.223 e. The molecule has 2 aliphatic rings. The third-order valence-corrected chi connectivity index (χ3v) is 5.34. The van der Waals surface area contributed by atoms with Crippen LogP contribution in [0.4, 0.5) is 0 Å². The summed E-state index contributed by atoms with van der Waals surface area (Å²) in [6, 6.07) is 0.342. The zero-order chi connectivity index (χ0) is 14.4. The van der Waals surface area contributed by atoms with Crippen molar-refractivity contribution in [3.8, 4) is 0 Å². The average Bonchev–Trinajstić information content (AvgIpc) is 2.48. The lowest BCUT2D eigenvalue weighted by molar-refractivity contribution is -0.127. The van der Waals surface area contributed by atoms with Crippen LogP contribution in [0.25, 0.3) is 0 Å². The third-order valence-electron chi connectivity index (χ3n) is 5.34. The van der Waals surface area contributed by atoms with E-state index in [1.54, 1.807) is 0 Å². The van der Waals surface area contributed by atoms with Gasteiger partial charge in [0.1, 0.15) is 0 Å². The first-order chi connectivity index (χ1) is 9.70. The molecule has 1 heterocycles. The van der Waals surface area contributed by atoms with E-state index >= 15 is 0 Å². The number of unbranched alkanes of at least 4 members (excludes halogenated alkanes) is 1. The predicted molar refractivity (Wildman–Crippen MR) is 83.6 cm³/mol. The molecule has 3 nitrogen and oxygen atoms in total. The molecule has 20 heavy (non-hydrogen) atoms. The zero-order valence-electron chi connectivity index (χ0n) is 13.3. The van der Waals surface area contributed by atoms with Gasteiger partial charge in [0.15, 0.2) is 0 Å². The van der Waals surface area contributed by atoms with Crippen LogP contribution in [0.5, 0.6) is 0 Å². The standard InChI is InChI=1S/C17H32N2O/c1-3-4-5-14-6-8-15(9-7-14)17(20)19-16-12-18-11-10-13(16)2/h13-16,18H,3-12H2,1-2H3,(H,19,20). The summed E-state index contributed by atoms with van der Waals surface area (Å²) in [6.45, 7) is 6.56. The van der Waals surface area contributed by atoms with E-state index in [-0.39, 0.29) is 5.92 Å². The van der Waals surface area contributed by atoms with Gasteiger partial charge in [0.25, 0.3) is 0 Å². The molecule has 0 spiro atoms. The number of nitrogens with one attached hydrogen (secondary N) is 2. The summed E-state index contributed by atoms with van der Waals surface area (Å²) in [5.74, 6) is 2.09. The molecule has 0 aromatic heterocycles. The lowest BCUT2D eigenvalue weighted by Gasteiger charge is -2.33. The minimum Gasteiger partial charge on any atom is -0.352 e. The van der Waals surface area contributed by atoms with Crippen LogP contribution in [0, 0.1) is 17.8 Å². The molecule has 2 N–H and O–H groups in total. The fraction of sp³-hybridized carbons (Fsp3) is 0.941. The van der Waals surface area contributed by atoms with Crippen LogP contribution in [0.3, 0.4) is 0 Å². The van der Waals surface area contributed by atoms with E-state index in [1.165, 1.54) is 38.5 Å². The molecule has 2 fully saturated rings. The van der Waals surface area contributed by atoms with Gasteiger partial charge in [-0.1, -0.05) is 33.1 Å². The van der Waals surface area contributed by atoms with Gasteiger partial charge in [0.05, 0.1) is 0 Å². The van der Waals surface area contributed by atoms with E-state index in [2.05, 4.69) is 24.5 Å². The largest absolute Gasteiger partial charge is 0.352 e. The number of amides is 1. The maximum Gasteiger partial charge on any atom is 0.223 e. The minimum atomic E-state index is 0.280. The molecule has 1 saturated carbocycles. The summed E-state index contributed by atoms with van der Waals surface area (Å²) in [5.41, 5.74) is 0. The monoisotopic (exact) mass is 280 g/mol. The molecule has 116 valence electrons. The van der Waals surface area contributed by atoms with Gasteiger partial charge in [0, 0.05) is 18.5 Å².